The van der Waals surface area contributed by atoms with Crippen molar-refractivity contribution >= 4 is 19.8 Å². The Bertz CT molecular complexity index is 835. The summed E-state index contributed by atoms with van der Waals surface area (Å²) in [6.45, 7) is 3.66. The number of nitrogens with two attached hydrogens (primary N) is 1. The van der Waals surface area contributed by atoms with Crippen molar-refractivity contribution in [1.29, 1.82) is 0 Å². The molecule has 0 saturated carbocycles. The van der Waals surface area contributed by atoms with Gasteiger partial charge in [-0.15, -0.1) is 0 Å². The molecule has 0 aliphatic rings. The lowest BCUT2D eigenvalue weighted by atomic mass is 10.0. The number of phosphoric acid groups is 1. The summed E-state index contributed by atoms with van der Waals surface area (Å²) in [4.78, 5) is 34.6. The number of esters is 2. The van der Waals surface area contributed by atoms with Gasteiger partial charge in [-0.1, -0.05) is 141 Å². The molecule has 0 amide bonds. The van der Waals surface area contributed by atoms with Crippen molar-refractivity contribution in [2.75, 3.05) is 26.4 Å². The van der Waals surface area contributed by atoms with Crippen LogP contribution in [0.4, 0.5) is 0 Å². The summed E-state index contributed by atoms with van der Waals surface area (Å²) >= 11 is 0. The molecule has 0 spiro atoms. The fourth-order valence-electron chi connectivity index (χ4n) is 5.00. The van der Waals surface area contributed by atoms with Crippen LogP contribution in [0.25, 0.3) is 0 Å². The summed E-state index contributed by atoms with van der Waals surface area (Å²) in [5.74, 6) is -0.843. The lowest BCUT2D eigenvalue weighted by molar-refractivity contribution is -0.161. The number of phosphoric ester groups is 1. The molecule has 2 atom stereocenters. The second kappa shape index (κ2) is 34.4. The molecule has 0 aliphatic heterocycles. The van der Waals surface area contributed by atoms with Crippen LogP contribution in [0.15, 0.2) is 24.3 Å². The van der Waals surface area contributed by atoms with E-state index in [1.54, 1.807) is 0 Å². The van der Waals surface area contributed by atoms with E-state index in [0.717, 1.165) is 64.2 Å². The van der Waals surface area contributed by atoms with Gasteiger partial charge in [0.2, 0.25) is 0 Å². The molecule has 0 fully saturated rings. The average molecular weight is 688 g/mol. The molecule has 0 saturated heterocycles. The van der Waals surface area contributed by atoms with E-state index in [9.17, 15) is 19.0 Å². The van der Waals surface area contributed by atoms with Gasteiger partial charge in [0.05, 0.1) is 13.2 Å². The molecule has 0 heterocycles. The molecule has 0 aromatic carbocycles. The van der Waals surface area contributed by atoms with E-state index >= 15 is 0 Å². The van der Waals surface area contributed by atoms with Crippen molar-refractivity contribution in [3.05, 3.63) is 24.3 Å². The van der Waals surface area contributed by atoms with Crippen molar-refractivity contribution in [3.8, 4) is 0 Å². The third-order valence-corrected chi connectivity index (χ3v) is 8.82. The summed E-state index contributed by atoms with van der Waals surface area (Å²) in [7, 11) is -4.37. The second-order valence-electron chi connectivity index (χ2n) is 12.4. The summed E-state index contributed by atoms with van der Waals surface area (Å²) in [6, 6.07) is 0. The number of rotatable bonds is 35. The average Bonchev–Trinajstić information content (AvgIpc) is 3.05. The molecule has 9 nitrogen and oxygen atoms in total. The Morgan fingerprint density at radius 3 is 1.68 bits per heavy atom. The first-order valence-corrected chi connectivity index (χ1v) is 20.3. The Kier molecular flexibility index (Phi) is 33.3. The normalized spacial score (nSPS) is 13.7. The Morgan fingerprint density at radius 1 is 0.638 bits per heavy atom. The van der Waals surface area contributed by atoms with E-state index in [1.807, 2.05) is 0 Å². The van der Waals surface area contributed by atoms with E-state index in [2.05, 4.69) is 38.2 Å². The predicted octanol–water partition coefficient (Wildman–Crippen LogP) is 10.0. The molecule has 0 aromatic heterocycles. The maximum Gasteiger partial charge on any atom is 0.472 e. The standard InChI is InChI=1S/C37H70NO8P/c1-3-5-7-9-11-13-15-17-18-20-21-23-25-27-29-36(39)43-33-35(34-45-47(41,42)44-32-31-38)46-37(40)30-28-26-24-22-19-16-14-12-10-8-6-4-2/h9,11,15,17,35H,3-8,10,12-14,16,18-34,38H2,1-2H3,(H,41,42)/b11-9-,17-15-/t35-/m1/s1. The summed E-state index contributed by atoms with van der Waals surface area (Å²) in [5, 5.41) is 0. The molecule has 3 N–H and O–H groups in total. The van der Waals surface area contributed by atoms with Crippen molar-refractivity contribution in [2.24, 2.45) is 5.73 Å². The third-order valence-electron chi connectivity index (χ3n) is 7.84. The molecule has 0 aliphatic carbocycles. The summed E-state index contributed by atoms with van der Waals surface area (Å²) in [6.07, 6.45) is 33.4. The lowest BCUT2D eigenvalue weighted by Gasteiger charge is -2.19. The maximum absolute atomic E-state index is 12.5. The molecule has 0 aromatic rings. The van der Waals surface area contributed by atoms with E-state index in [0.29, 0.717) is 6.42 Å². The highest BCUT2D eigenvalue weighted by atomic mass is 31.2. The van der Waals surface area contributed by atoms with Gasteiger partial charge in [0.25, 0.3) is 0 Å². The molecule has 10 heteroatoms. The van der Waals surface area contributed by atoms with Gasteiger partial charge in [-0.2, -0.15) is 0 Å². The summed E-state index contributed by atoms with van der Waals surface area (Å²) < 4.78 is 32.6. The van der Waals surface area contributed by atoms with Crippen molar-refractivity contribution < 1.29 is 37.6 Å². The highest BCUT2D eigenvalue weighted by Crippen LogP contribution is 2.43. The fourth-order valence-corrected chi connectivity index (χ4v) is 5.77. The maximum atomic E-state index is 12.5. The van der Waals surface area contributed by atoms with E-state index in [-0.39, 0.29) is 32.6 Å². The molecule has 276 valence electrons. The molecule has 0 rings (SSSR count). The topological polar surface area (TPSA) is 134 Å². The number of allylic oxidation sites excluding steroid dienone is 4. The van der Waals surface area contributed by atoms with Crippen molar-refractivity contribution in [1.82, 2.24) is 0 Å². The van der Waals surface area contributed by atoms with Crippen molar-refractivity contribution in [2.45, 2.75) is 174 Å². The third kappa shape index (κ3) is 34.2. The first-order chi connectivity index (χ1) is 22.8. The first kappa shape index (κ1) is 45.5. The SMILES string of the molecule is CCCC/C=C\C/C=C\CCCCCCCC(=O)OC[C@H](COP(=O)(O)OCCN)OC(=O)CCCCCCCCCCCCCC. The van der Waals surface area contributed by atoms with Crippen LogP contribution >= 0.6 is 7.82 Å². The monoisotopic (exact) mass is 687 g/mol. The van der Waals surface area contributed by atoms with Gasteiger partial charge in [0.15, 0.2) is 6.10 Å². The largest absolute Gasteiger partial charge is 0.472 e. The molecule has 0 bridgehead atoms. The number of carbonyl (C=O) groups is 2. The summed E-state index contributed by atoms with van der Waals surface area (Å²) in [5.41, 5.74) is 5.32. The fraction of sp³-hybridized carbons (Fsp3) is 0.838. The van der Waals surface area contributed by atoms with Crippen LogP contribution in [-0.4, -0.2) is 49.3 Å². The molecule has 47 heavy (non-hydrogen) atoms. The van der Waals surface area contributed by atoms with E-state index in [1.165, 1.54) is 70.6 Å². The van der Waals surface area contributed by atoms with Crippen LogP contribution in [0, 0.1) is 0 Å². The minimum atomic E-state index is -4.37. The minimum Gasteiger partial charge on any atom is -0.462 e. The van der Waals surface area contributed by atoms with Gasteiger partial charge >= 0.3 is 19.8 Å². The number of hydrogen-bond acceptors (Lipinski definition) is 8. The Hall–Kier alpha value is -1.51. The van der Waals surface area contributed by atoms with Crippen LogP contribution in [0.3, 0.4) is 0 Å². The second-order valence-corrected chi connectivity index (χ2v) is 13.9. The van der Waals surface area contributed by atoms with Gasteiger partial charge in [0.1, 0.15) is 6.61 Å². The Balaban J connectivity index is 4.24. The highest BCUT2D eigenvalue weighted by molar-refractivity contribution is 7.47. The van der Waals surface area contributed by atoms with Gasteiger partial charge in [-0.25, -0.2) is 4.57 Å². The Labute approximate surface area is 287 Å². The predicted molar refractivity (Wildman–Crippen MR) is 192 cm³/mol. The number of unbranched alkanes of at least 4 members (excludes halogenated alkanes) is 18. The number of carbonyl (C=O) groups excluding carboxylic acids is 2. The zero-order chi connectivity index (χ0) is 34.7. The minimum absolute atomic E-state index is 0.0527. The van der Waals surface area contributed by atoms with Gasteiger partial charge in [-0.3, -0.25) is 18.6 Å². The lowest BCUT2D eigenvalue weighted by Crippen LogP contribution is -2.29. The van der Waals surface area contributed by atoms with Crippen LogP contribution in [0.5, 0.6) is 0 Å². The quantitative estimate of drug-likeness (QED) is 0.0289. The van der Waals surface area contributed by atoms with Gasteiger partial charge in [0, 0.05) is 19.4 Å². The van der Waals surface area contributed by atoms with Crippen LogP contribution in [0.2, 0.25) is 0 Å². The zero-order valence-corrected chi connectivity index (χ0v) is 30.9. The first-order valence-electron chi connectivity index (χ1n) is 18.8. The van der Waals surface area contributed by atoms with Crippen LogP contribution in [0.1, 0.15) is 168 Å². The van der Waals surface area contributed by atoms with Crippen LogP contribution in [-0.2, 0) is 32.7 Å². The number of ether oxygens (including phenoxy) is 2. The van der Waals surface area contributed by atoms with Gasteiger partial charge in [-0.05, 0) is 38.5 Å². The highest BCUT2D eigenvalue weighted by Gasteiger charge is 2.25. The van der Waals surface area contributed by atoms with E-state index in [4.69, 9.17) is 24.3 Å². The number of hydrogen-bond donors (Lipinski definition) is 2. The zero-order valence-electron chi connectivity index (χ0n) is 30.0. The van der Waals surface area contributed by atoms with Crippen LogP contribution < -0.4 is 5.73 Å². The van der Waals surface area contributed by atoms with E-state index < -0.39 is 32.5 Å². The Morgan fingerprint density at radius 2 is 1.13 bits per heavy atom. The molecule has 1 unspecified atom stereocenters. The molecular formula is C37H70NO8P. The van der Waals surface area contributed by atoms with Crippen molar-refractivity contribution in [3.63, 3.8) is 0 Å². The molecule has 0 radical (unpaired) electrons. The van der Waals surface area contributed by atoms with Gasteiger partial charge < -0.3 is 20.1 Å². The molecular weight excluding hydrogens is 617 g/mol. The smallest absolute Gasteiger partial charge is 0.462 e.